The van der Waals surface area contributed by atoms with Gasteiger partial charge in [0.25, 0.3) is 0 Å². The number of benzene rings is 1. The van der Waals surface area contributed by atoms with E-state index in [2.05, 4.69) is 18.7 Å². The predicted molar refractivity (Wildman–Crippen MR) is 95.7 cm³/mol. The number of esters is 1. The summed E-state index contributed by atoms with van der Waals surface area (Å²) >= 11 is 0. The number of anilines is 1. The summed E-state index contributed by atoms with van der Waals surface area (Å²) in [5.74, 6) is -0.298. The third kappa shape index (κ3) is 3.78. The van der Waals surface area contributed by atoms with Crippen LogP contribution in [0.15, 0.2) is 27.4 Å². The third-order valence-electron chi connectivity index (χ3n) is 4.28. The van der Waals surface area contributed by atoms with Gasteiger partial charge in [-0.25, -0.2) is 4.79 Å². The molecular formula is C19H25NO4. The van der Waals surface area contributed by atoms with E-state index in [0.29, 0.717) is 24.2 Å². The van der Waals surface area contributed by atoms with Crippen LogP contribution in [0.3, 0.4) is 0 Å². The van der Waals surface area contributed by atoms with E-state index in [4.69, 9.17) is 9.15 Å². The molecule has 0 radical (unpaired) electrons. The maximum absolute atomic E-state index is 12.3. The van der Waals surface area contributed by atoms with Crippen LogP contribution in [0.1, 0.15) is 38.3 Å². The van der Waals surface area contributed by atoms with Crippen molar-refractivity contribution >= 4 is 22.6 Å². The minimum Gasteiger partial charge on any atom is -0.466 e. The fourth-order valence-corrected chi connectivity index (χ4v) is 2.92. The molecule has 1 aromatic carbocycles. The van der Waals surface area contributed by atoms with E-state index >= 15 is 0 Å². The van der Waals surface area contributed by atoms with Gasteiger partial charge < -0.3 is 14.1 Å². The molecule has 0 N–H and O–H groups in total. The molecular weight excluding hydrogens is 306 g/mol. The summed E-state index contributed by atoms with van der Waals surface area (Å²) in [6, 6.07) is 5.93. The fraction of sp³-hybridized carbons (Fsp3) is 0.474. The Morgan fingerprint density at radius 3 is 2.54 bits per heavy atom. The zero-order chi connectivity index (χ0) is 17.7. The van der Waals surface area contributed by atoms with Gasteiger partial charge in [-0.1, -0.05) is 0 Å². The molecule has 24 heavy (non-hydrogen) atoms. The molecule has 2 aromatic rings. The van der Waals surface area contributed by atoms with Crippen molar-refractivity contribution < 1.29 is 13.9 Å². The summed E-state index contributed by atoms with van der Waals surface area (Å²) in [6.45, 7) is 9.98. The summed E-state index contributed by atoms with van der Waals surface area (Å²) in [6.07, 6.45) is 0.517. The van der Waals surface area contributed by atoms with E-state index in [1.165, 1.54) is 0 Å². The van der Waals surface area contributed by atoms with E-state index in [1.807, 2.05) is 25.1 Å². The molecule has 0 aliphatic heterocycles. The van der Waals surface area contributed by atoms with Crippen molar-refractivity contribution in [2.24, 2.45) is 0 Å². The molecule has 0 atom stereocenters. The highest BCUT2D eigenvalue weighted by Crippen LogP contribution is 2.25. The number of fused-ring (bicyclic) bond motifs is 1. The minimum absolute atomic E-state index is 0.183. The van der Waals surface area contributed by atoms with Gasteiger partial charge in [-0.05, 0) is 51.8 Å². The molecule has 0 unspecified atom stereocenters. The maximum atomic E-state index is 12.3. The second-order valence-corrected chi connectivity index (χ2v) is 5.65. The van der Waals surface area contributed by atoms with Crippen molar-refractivity contribution in [3.05, 3.63) is 39.7 Å². The summed E-state index contributed by atoms with van der Waals surface area (Å²) in [5, 5.41) is 0.907. The molecule has 0 amide bonds. The fourth-order valence-electron chi connectivity index (χ4n) is 2.92. The maximum Gasteiger partial charge on any atom is 0.339 e. The summed E-state index contributed by atoms with van der Waals surface area (Å²) in [4.78, 5) is 26.0. The van der Waals surface area contributed by atoms with Crippen molar-refractivity contribution in [1.82, 2.24) is 0 Å². The first-order valence-corrected chi connectivity index (χ1v) is 8.48. The number of aryl methyl sites for hydroxylation is 1. The first-order valence-electron chi connectivity index (χ1n) is 8.48. The lowest BCUT2D eigenvalue weighted by Crippen LogP contribution is -2.21. The minimum atomic E-state index is -0.374. The third-order valence-corrected chi connectivity index (χ3v) is 4.28. The lowest BCUT2D eigenvalue weighted by Gasteiger charge is -2.21. The van der Waals surface area contributed by atoms with Crippen LogP contribution in [0.5, 0.6) is 0 Å². The highest BCUT2D eigenvalue weighted by atomic mass is 16.5. The molecule has 1 aromatic heterocycles. The smallest absolute Gasteiger partial charge is 0.339 e. The Bertz CT molecular complexity index is 775. The average Bonchev–Trinajstić information content (AvgIpc) is 2.55. The molecule has 1 heterocycles. The molecule has 0 bridgehead atoms. The molecule has 0 aliphatic carbocycles. The van der Waals surface area contributed by atoms with Crippen LogP contribution in [-0.2, 0) is 16.0 Å². The predicted octanol–water partition coefficient (Wildman–Crippen LogP) is 3.44. The molecule has 130 valence electrons. The largest absolute Gasteiger partial charge is 0.466 e. The first-order chi connectivity index (χ1) is 11.5. The molecule has 5 nitrogen and oxygen atoms in total. The summed E-state index contributed by atoms with van der Waals surface area (Å²) in [7, 11) is 0. The van der Waals surface area contributed by atoms with Crippen molar-refractivity contribution in [2.45, 2.75) is 40.5 Å². The van der Waals surface area contributed by atoms with E-state index in [9.17, 15) is 9.59 Å². The van der Waals surface area contributed by atoms with Crippen molar-refractivity contribution in [1.29, 1.82) is 0 Å². The second kappa shape index (κ2) is 7.99. The second-order valence-electron chi connectivity index (χ2n) is 5.65. The lowest BCUT2D eigenvalue weighted by molar-refractivity contribution is -0.143. The Morgan fingerprint density at radius 1 is 1.21 bits per heavy atom. The normalized spacial score (nSPS) is 10.8. The molecule has 0 saturated carbocycles. The van der Waals surface area contributed by atoms with Crippen LogP contribution in [0.25, 0.3) is 11.0 Å². The highest BCUT2D eigenvalue weighted by molar-refractivity contribution is 5.84. The van der Waals surface area contributed by atoms with Crippen molar-refractivity contribution in [3.8, 4) is 0 Å². The molecule has 2 rings (SSSR count). The molecule has 0 saturated heterocycles. The Hall–Kier alpha value is -2.30. The number of rotatable bonds is 7. The highest BCUT2D eigenvalue weighted by Gasteiger charge is 2.14. The van der Waals surface area contributed by atoms with Gasteiger partial charge in [-0.15, -0.1) is 0 Å². The average molecular weight is 331 g/mol. The zero-order valence-corrected chi connectivity index (χ0v) is 14.8. The van der Waals surface area contributed by atoms with Gasteiger partial charge in [0.05, 0.1) is 6.61 Å². The van der Waals surface area contributed by atoms with Crippen LogP contribution in [0.2, 0.25) is 0 Å². The van der Waals surface area contributed by atoms with Gasteiger partial charge in [0.2, 0.25) is 0 Å². The zero-order valence-electron chi connectivity index (χ0n) is 14.8. The summed E-state index contributed by atoms with van der Waals surface area (Å²) in [5.41, 5.74) is 2.67. The van der Waals surface area contributed by atoms with Gasteiger partial charge >= 0.3 is 11.6 Å². The van der Waals surface area contributed by atoms with E-state index in [-0.39, 0.29) is 18.0 Å². The van der Waals surface area contributed by atoms with Crippen LogP contribution in [-0.4, -0.2) is 25.7 Å². The monoisotopic (exact) mass is 331 g/mol. The van der Waals surface area contributed by atoms with Crippen molar-refractivity contribution in [2.75, 3.05) is 24.6 Å². The van der Waals surface area contributed by atoms with Crippen LogP contribution in [0.4, 0.5) is 5.69 Å². The number of hydrogen-bond acceptors (Lipinski definition) is 5. The van der Waals surface area contributed by atoms with E-state index in [1.54, 1.807) is 6.92 Å². The van der Waals surface area contributed by atoms with Gasteiger partial charge in [0, 0.05) is 42.2 Å². The van der Waals surface area contributed by atoms with Crippen LogP contribution < -0.4 is 10.5 Å². The molecule has 0 aliphatic rings. The number of carbonyl (C=O) groups is 1. The van der Waals surface area contributed by atoms with E-state index in [0.717, 1.165) is 29.7 Å². The first kappa shape index (κ1) is 18.0. The van der Waals surface area contributed by atoms with Crippen molar-refractivity contribution in [3.63, 3.8) is 0 Å². The number of nitrogens with zero attached hydrogens (tertiary/aromatic N) is 1. The number of hydrogen-bond donors (Lipinski definition) is 0. The Labute approximate surface area is 142 Å². The van der Waals surface area contributed by atoms with Gasteiger partial charge in [-0.2, -0.15) is 0 Å². The topological polar surface area (TPSA) is 59.8 Å². The molecule has 5 heteroatoms. The van der Waals surface area contributed by atoms with Crippen LogP contribution >= 0.6 is 0 Å². The SMILES string of the molecule is CCOC(=O)CCc1c(C)c2ccc(N(CC)CC)cc2oc1=O. The van der Waals surface area contributed by atoms with Crippen LogP contribution in [0, 0.1) is 6.92 Å². The number of ether oxygens (including phenoxy) is 1. The molecule has 0 spiro atoms. The lowest BCUT2D eigenvalue weighted by atomic mass is 10.0. The molecule has 0 fully saturated rings. The quantitative estimate of drug-likeness (QED) is 0.574. The number of carbonyl (C=O) groups excluding carboxylic acids is 1. The van der Waals surface area contributed by atoms with Gasteiger partial charge in [0.1, 0.15) is 5.58 Å². The Kier molecular flexibility index (Phi) is 6.01. The Balaban J connectivity index is 2.38. The summed E-state index contributed by atoms with van der Waals surface area (Å²) < 4.78 is 10.4. The van der Waals surface area contributed by atoms with Gasteiger partial charge in [-0.3, -0.25) is 4.79 Å². The van der Waals surface area contributed by atoms with E-state index < -0.39 is 0 Å². The Morgan fingerprint density at radius 2 is 1.92 bits per heavy atom. The van der Waals surface area contributed by atoms with Gasteiger partial charge in [0.15, 0.2) is 0 Å². The standard InChI is InChI=1S/C19H25NO4/c1-5-20(6-2)14-8-9-15-13(4)16(10-11-18(21)23-7-3)19(22)24-17(15)12-14/h8-9,12H,5-7,10-11H2,1-4H3.